The maximum atomic E-state index is 13.7. The third kappa shape index (κ3) is 14.5. The summed E-state index contributed by atoms with van der Waals surface area (Å²) in [4.78, 5) is 129. The number of carbonyl (C=O) groups is 8. The fourth-order valence-electron chi connectivity index (χ4n) is 8.79. The van der Waals surface area contributed by atoms with E-state index in [4.69, 9.17) is 26.0 Å². The molecular formula is C51H62N12O13. The van der Waals surface area contributed by atoms with Crippen LogP contribution in [0.25, 0.3) is 22.3 Å². The number of para-hydroxylation sites is 1. The van der Waals surface area contributed by atoms with Crippen LogP contribution in [-0.2, 0) is 73.1 Å². The van der Waals surface area contributed by atoms with Gasteiger partial charge in [-0.3, -0.25) is 43.3 Å². The third-order valence-electron chi connectivity index (χ3n) is 12.7. The molecule has 0 bridgehead atoms. The van der Waals surface area contributed by atoms with Crippen LogP contribution in [0.3, 0.4) is 0 Å². The van der Waals surface area contributed by atoms with Crippen molar-refractivity contribution in [2.24, 2.45) is 21.6 Å². The number of nitrogens with one attached hydrogen (secondary N) is 6. The number of nitrogens with two attached hydrogens (primary N) is 2. The van der Waals surface area contributed by atoms with E-state index in [-0.39, 0.29) is 81.5 Å². The first kappa shape index (κ1) is 56.6. The number of hydrogen-bond donors (Lipinski definition) is 10. The summed E-state index contributed by atoms with van der Waals surface area (Å²) in [5.41, 5.74) is 12.2. The number of cyclic esters (lactones) is 1. The van der Waals surface area contributed by atoms with Crippen molar-refractivity contribution < 1.29 is 58.1 Å². The number of esters is 1. The molecule has 25 nitrogen and oxygen atoms in total. The lowest BCUT2D eigenvalue weighted by molar-refractivity contribution is -0.172. The number of carboxylic acids is 1. The fourth-order valence-corrected chi connectivity index (χ4v) is 8.79. The number of carbonyl (C=O) groups excluding carboxylic acids is 7. The lowest BCUT2D eigenvalue weighted by atomic mass is 9.86. The molecule has 5 atom stereocenters. The average molecular weight is 1050 g/mol. The monoisotopic (exact) mass is 1050 g/mol. The van der Waals surface area contributed by atoms with Gasteiger partial charge in [-0.25, -0.2) is 9.78 Å². The first-order valence-electron chi connectivity index (χ1n) is 24.6. The summed E-state index contributed by atoms with van der Waals surface area (Å²) in [5, 5.41) is 40.9. The summed E-state index contributed by atoms with van der Waals surface area (Å²) in [6.07, 6.45) is 2.26. The number of carboxylic acid groups (broad SMARTS) is 1. The van der Waals surface area contributed by atoms with Crippen molar-refractivity contribution in [3.8, 4) is 11.4 Å². The van der Waals surface area contributed by atoms with Gasteiger partial charge in [-0.15, -0.1) is 0 Å². The average Bonchev–Trinajstić information content (AvgIpc) is 3.78. The Morgan fingerprint density at radius 1 is 0.908 bits per heavy atom. The molecule has 2 aliphatic rings. The lowest BCUT2D eigenvalue weighted by Gasteiger charge is -2.31. The molecule has 12 N–H and O–H groups in total. The predicted octanol–water partition coefficient (Wildman–Crippen LogP) is -0.807. The predicted molar refractivity (Wildman–Crippen MR) is 275 cm³/mol. The van der Waals surface area contributed by atoms with Crippen LogP contribution in [0, 0.1) is 0 Å². The maximum Gasteiger partial charge on any atom is 0.343 e. The molecule has 4 heterocycles. The summed E-state index contributed by atoms with van der Waals surface area (Å²) in [5.74, 6) is -5.90. The molecule has 0 radical (unpaired) electrons. The van der Waals surface area contributed by atoms with Crippen LogP contribution in [0.15, 0.2) is 75.6 Å². The van der Waals surface area contributed by atoms with Gasteiger partial charge in [0.2, 0.25) is 35.9 Å². The zero-order valence-corrected chi connectivity index (χ0v) is 42.0. The van der Waals surface area contributed by atoms with Crippen molar-refractivity contribution in [3.63, 3.8) is 0 Å². The minimum absolute atomic E-state index is 0.00153. The molecule has 25 heteroatoms. The highest BCUT2D eigenvalue weighted by Gasteiger charge is 2.45. The van der Waals surface area contributed by atoms with Gasteiger partial charge in [0.25, 0.3) is 5.56 Å². The van der Waals surface area contributed by atoms with E-state index in [0.717, 1.165) is 5.39 Å². The van der Waals surface area contributed by atoms with E-state index in [1.807, 2.05) is 24.3 Å². The van der Waals surface area contributed by atoms with Crippen molar-refractivity contribution in [2.75, 3.05) is 26.2 Å². The van der Waals surface area contributed by atoms with Gasteiger partial charge in [-0.1, -0.05) is 60.6 Å². The number of aromatic nitrogens is 2. The highest BCUT2D eigenvalue weighted by Crippen LogP contribution is 2.40. The number of fused-ring (bicyclic) bond motifs is 5. The van der Waals surface area contributed by atoms with Crippen molar-refractivity contribution in [1.29, 1.82) is 0 Å². The molecule has 0 fully saturated rings. The number of benzene rings is 2. The molecule has 2 aliphatic heterocycles. The van der Waals surface area contributed by atoms with Gasteiger partial charge in [-0.2, -0.15) is 0 Å². The number of oxime groups is 1. The van der Waals surface area contributed by atoms with Crippen molar-refractivity contribution in [2.45, 2.75) is 108 Å². The Bertz CT molecular complexity index is 2940. The molecule has 0 unspecified atom stereocenters. The minimum Gasteiger partial charge on any atom is -0.481 e. The van der Waals surface area contributed by atoms with Gasteiger partial charge in [-0.05, 0) is 56.7 Å². The third-order valence-corrected chi connectivity index (χ3v) is 12.7. The minimum atomic E-state index is -1.97. The van der Waals surface area contributed by atoms with Gasteiger partial charge in [0, 0.05) is 47.5 Å². The SMILES string of the molecule is CC[C@@]1(O)C(=O)OCc2c1cc1n(c2=O)Cc2c-1nc1ccccc1c2/C=N\OCCNC(=O)CCC[C@@H](C)NC(=O)[C@@H](Cc1ccccc1)NC(=O)[C@H](CC(=O)O)NC(=O)CNC(=O)[C@H](CCCN=C(N)N)NC=O. The fraction of sp³-hybridized carbons (Fsp3) is 0.412. The van der Waals surface area contributed by atoms with Crippen LogP contribution in [0.2, 0.25) is 0 Å². The van der Waals surface area contributed by atoms with Gasteiger partial charge < -0.3 is 67.7 Å². The molecule has 6 amide bonds. The van der Waals surface area contributed by atoms with Crippen LogP contribution in [-0.4, -0.2) is 130 Å². The molecule has 6 rings (SSSR count). The molecule has 2 aromatic heterocycles. The number of rotatable bonds is 28. The Morgan fingerprint density at radius 2 is 1.64 bits per heavy atom. The molecule has 404 valence electrons. The summed E-state index contributed by atoms with van der Waals surface area (Å²) in [6, 6.07) is 13.3. The van der Waals surface area contributed by atoms with E-state index in [1.54, 1.807) is 50.2 Å². The second-order valence-corrected chi connectivity index (χ2v) is 18.2. The molecule has 0 aliphatic carbocycles. The number of pyridine rings is 2. The highest BCUT2D eigenvalue weighted by atomic mass is 16.6. The summed E-state index contributed by atoms with van der Waals surface area (Å²) in [6.45, 7) is 2.89. The Balaban J connectivity index is 0.982. The van der Waals surface area contributed by atoms with Crippen LogP contribution in [0.1, 0.15) is 86.6 Å². The highest BCUT2D eigenvalue weighted by molar-refractivity contribution is 6.02. The van der Waals surface area contributed by atoms with Gasteiger partial charge in [0.05, 0.1) is 54.7 Å². The second kappa shape index (κ2) is 26.5. The lowest BCUT2D eigenvalue weighted by Crippen LogP contribution is -2.56. The summed E-state index contributed by atoms with van der Waals surface area (Å²) >= 11 is 0. The van der Waals surface area contributed by atoms with Gasteiger partial charge in [0.1, 0.15) is 31.3 Å². The number of nitrogens with zero attached hydrogens (tertiary/aromatic N) is 4. The van der Waals surface area contributed by atoms with E-state index in [1.165, 1.54) is 10.8 Å². The quantitative estimate of drug-likeness (QED) is 0.00732. The number of aliphatic carboxylic acids is 1. The van der Waals surface area contributed by atoms with E-state index < -0.39 is 83.9 Å². The molecule has 0 saturated carbocycles. The van der Waals surface area contributed by atoms with E-state index in [9.17, 15) is 53.4 Å². The molecule has 2 aromatic carbocycles. The van der Waals surface area contributed by atoms with Crippen LogP contribution in [0.4, 0.5) is 0 Å². The number of guanidine groups is 1. The molecule has 76 heavy (non-hydrogen) atoms. The molecule has 0 saturated heterocycles. The topological polar surface area (TPSA) is 379 Å². The van der Waals surface area contributed by atoms with Crippen LogP contribution >= 0.6 is 0 Å². The molecular weight excluding hydrogens is 989 g/mol. The second-order valence-electron chi connectivity index (χ2n) is 18.2. The van der Waals surface area contributed by atoms with Gasteiger partial charge in [0.15, 0.2) is 11.6 Å². The maximum absolute atomic E-state index is 13.7. The number of aliphatic hydroxyl groups is 1. The van der Waals surface area contributed by atoms with E-state index in [2.05, 4.69) is 42.0 Å². The van der Waals surface area contributed by atoms with Crippen LogP contribution < -0.4 is 48.9 Å². The van der Waals surface area contributed by atoms with Crippen molar-refractivity contribution in [3.05, 3.63) is 98.8 Å². The van der Waals surface area contributed by atoms with Crippen molar-refractivity contribution >= 4 is 71.0 Å². The standard InChI is InChI=1S/C51H62N12O13/c1-3-51(74)35-22-40-44-33(26-63(40)48(72)34(35)27-75-49(51)73)32(31-14-7-8-15-36(31)61-44)24-58-76-20-19-54-41(65)17-9-11-29(2)59-46(70)38(21-30-12-5-4-6-13-30)62-47(71)39(23-43(67)68)60-42(66)25-56-45(69)37(57-28-64)16-10-18-55-50(52)53/h4-8,12-15,22,24,28-29,37-39,74H,3,9-11,16-21,23,25-27H2,1-2H3,(H,54,65)(H,56,69)(H,57,64)(H,59,70)(H,60,66)(H,62,71)(H,67,68)(H4,52,53,55)/b58-24-/t29-,37+,38-,39+,51+/m1/s1. The number of ether oxygens (including phenoxy) is 1. The largest absolute Gasteiger partial charge is 0.481 e. The summed E-state index contributed by atoms with van der Waals surface area (Å²) in [7, 11) is 0. The number of aliphatic imine (C=N–C) groups is 1. The zero-order valence-electron chi connectivity index (χ0n) is 42.0. The van der Waals surface area contributed by atoms with E-state index in [0.29, 0.717) is 59.3 Å². The number of amides is 6. The Kier molecular flexibility index (Phi) is 19.7. The number of hydrogen-bond acceptors (Lipinski definition) is 15. The smallest absolute Gasteiger partial charge is 0.343 e. The van der Waals surface area contributed by atoms with Crippen LogP contribution in [0.5, 0.6) is 0 Å². The molecule has 0 spiro atoms. The van der Waals surface area contributed by atoms with Gasteiger partial charge >= 0.3 is 11.9 Å². The molecule has 4 aromatic rings. The normalized spacial score (nSPS) is 15.8. The Labute approximate surface area is 435 Å². The first-order chi connectivity index (χ1) is 36.4. The van der Waals surface area contributed by atoms with Crippen molar-refractivity contribution in [1.82, 2.24) is 41.5 Å². The van der Waals surface area contributed by atoms with E-state index >= 15 is 0 Å². The summed E-state index contributed by atoms with van der Waals surface area (Å²) < 4.78 is 6.73. The Morgan fingerprint density at radius 3 is 2.37 bits per heavy atom. The first-order valence-corrected chi connectivity index (χ1v) is 24.6. The Hall–Kier alpha value is -8.74. The zero-order chi connectivity index (χ0) is 54.9.